The number of nitrogens with two attached hydrogens (primary N) is 1. The number of benzene rings is 1. The van der Waals surface area contributed by atoms with Crippen LogP contribution < -0.4 is 11.1 Å². The predicted octanol–water partition coefficient (Wildman–Crippen LogP) is 1.74. The molecule has 0 fully saturated rings. The second-order valence-corrected chi connectivity index (χ2v) is 3.93. The first kappa shape index (κ1) is 13.4. The molecule has 17 heavy (non-hydrogen) atoms. The molecule has 4 nitrogen and oxygen atoms in total. The number of rotatable bonds is 1. The molecule has 1 aromatic carbocycles. The van der Waals surface area contributed by atoms with Crippen molar-refractivity contribution in [1.29, 1.82) is 0 Å². The molecule has 1 rings (SSSR count). The molecule has 3 N–H and O–H groups in total. The van der Waals surface area contributed by atoms with Crippen LogP contribution in [0.15, 0.2) is 18.2 Å². The summed E-state index contributed by atoms with van der Waals surface area (Å²) >= 11 is 5.96. The van der Waals surface area contributed by atoms with Crippen molar-refractivity contribution in [2.45, 2.75) is 0 Å². The lowest BCUT2D eigenvalue weighted by molar-refractivity contribution is 0.230. The van der Waals surface area contributed by atoms with Crippen LogP contribution in [-0.4, -0.2) is 31.6 Å². The van der Waals surface area contributed by atoms with Gasteiger partial charge in [-0.2, -0.15) is 0 Å². The summed E-state index contributed by atoms with van der Waals surface area (Å²) in [6.45, 7) is 0.268. The Labute approximate surface area is 106 Å². The minimum absolute atomic E-state index is 0.204. The molecular formula is C12H14ClN3O. The highest BCUT2D eigenvalue weighted by molar-refractivity contribution is 6.31. The van der Waals surface area contributed by atoms with Crippen LogP contribution >= 0.6 is 11.6 Å². The Morgan fingerprint density at radius 1 is 1.53 bits per heavy atom. The minimum Gasteiger partial charge on any atom is -0.331 e. The van der Waals surface area contributed by atoms with Crippen LogP contribution in [-0.2, 0) is 0 Å². The molecule has 0 radical (unpaired) electrons. The first-order valence-corrected chi connectivity index (χ1v) is 5.39. The van der Waals surface area contributed by atoms with Crippen molar-refractivity contribution in [3.05, 3.63) is 28.8 Å². The van der Waals surface area contributed by atoms with E-state index in [0.717, 1.165) is 0 Å². The molecule has 0 atom stereocenters. The molecule has 0 heterocycles. The van der Waals surface area contributed by atoms with Gasteiger partial charge in [-0.15, -0.1) is 0 Å². The van der Waals surface area contributed by atoms with Gasteiger partial charge in [0.2, 0.25) is 0 Å². The second kappa shape index (κ2) is 6.14. The number of hydrogen-bond acceptors (Lipinski definition) is 2. The molecule has 1 aromatic rings. The number of carbonyl (C=O) groups is 1. The van der Waals surface area contributed by atoms with E-state index in [4.69, 9.17) is 17.3 Å². The maximum atomic E-state index is 11.4. The summed E-state index contributed by atoms with van der Waals surface area (Å²) in [6.07, 6.45) is 0. The van der Waals surface area contributed by atoms with Crippen LogP contribution in [0, 0.1) is 11.8 Å². The molecular weight excluding hydrogens is 238 g/mol. The highest BCUT2D eigenvalue weighted by atomic mass is 35.5. The van der Waals surface area contributed by atoms with Crippen molar-refractivity contribution < 1.29 is 4.79 Å². The minimum atomic E-state index is -0.204. The average Bonchev–Trinajstić information content (AvgIpc) is 2.29. The van der Waals surface area contributed by atoms with Crippen molar-refractivity contribution in [1.82, 2.24) is 4.90 Å². The van der Waals surface area contributed by atoms with E-state index in [1.165, 1.54) is 4.90 Å². The Morgan fingerprint density at radius 2 is 2.24 bits per heavy atom. The second-order valence-electron chi connectivity index (χ2n) is 3.53. The van der Waals surface area contributed by atoms with E-state index in [0.29, 0.717) is 16.3 Å². The third-order valence-corrected chi connectivity index (χ3v) is 2.28. The van der Waals surface area contributed by atoms with Crippen molar-refractivity contribution in [3.63, 3.8) is 0 Å². The zero-order chi connectivity index (χ0) is 12.8. The lowest BCUT2D eigenvalue weighted by atomic mass is 10.2. The first-order chi connectivity index (χ1) is 8.04. The molecule has 0 saturated carbocycles. The Morgan fingerprint density at radius 3 is 2.82 bits per heavy atom. The van der Waals surface area contributed by atoms with Crippen LogP contribution in [0.1, 0.15) is 5.56 Å². The smallest absolute Gasteiger partial charge is 0.321 e. The van der Waals surface area contributed by atoms with E-state index in [1.807, 2.05) is 0 Å². The Kier molecular flexibility index (Phi) is 4.83. The summed E-state index contributed by atoms with van der Waals surface area (Å²) in [6, 6.07) is 4.92. The van der Waals surface area contributed by atoms with Gasteiger partial charge in [0, 0.05) is 25.3 Å². The SMILES string of the molecule is CN(C)C(=O)Nc1ccc(Cl)c(C#CCN)c1. The van der Waals surface area contributed by atoms with Gasteiger partial charge in [-0.25, -0.2) is 4.79 Å². The zero-order valence-corrected chi connectivity index (χ0v) is 10.5. The fourth-order valence-corrected chi connectivity index (χ4v) is 1.25. The summed E-state index contributed by atoms with van der Waals surface area (Å²) in [5.41, 5.74) is 6.59. The number of hydrogen-bond donors (Lipinski definition) is 2. The molecule has 2 amide bonds. The number of halogens is 1. The largest absolute Gasteiger partial charge is 0.331 e. The average molecular weight is 252 g/mol. The lowest BCUT2D eigenvalue weighted by Crippen LogP contribution is -2.27. The molecule has 90 valence electrons. The zero-order valence-electron chi connectivity index (χ0n) is 9.75. The number of carbonyl (C=O) groups excluding carboxylic acids is 1. The van der Waals surface area contributed by atoms with Crippen LogP contribution in [0.3, 0.4) is 0 Å². The first-order valence-electron chi connectivity index (χ1n) is 5.01. The third kappa shape index (κ3) is 3.99. The van der Waals surface area contributed by atoms with Crippen molar-refractivity contribution >= 4 is 23.3 Å². The van der Waals surface area contributed by atoms with E-state index >= 15 is 0 Å². The number of nitrogens with one attached hydrogen (secondary N) is 1. The van der Waals surface area contributed by atoms with E-state index < -0.39 is 0 Å². The van der Waals surface area contributed by atoms with Gasteiger partial charge < -0.3 is 16.0 Å². The summed E-state index contributed by atoms with van der Waals surface area (Å²) < 4.78 is 0. The maximum absolute atomic E-state index is 11.4. The standard InChI is InChI=1S/C12H14ClN3O/c1-16(2)12(17)15-10-5-6-11(13)9(8-10)4-3-7-14/h5-6,8H,7,14H2,1-2H3,(H,15,17). The number of amides is 2. The summed E-state index contributed by atoms with van der Waals surface area (Å²) in [5, 5.41) is 3.25. The van der Waals surface area contributed by atoms with Crippen LogP contribution in [0.2, 0.25) is 5.02 Å². The Balaban J connectivity index is 2.92. The summed E-state index contributed by atoms with van der Waals surface area (Å²) in [5.74, 6) is 5.56. The van der Waals surface area contributed by atoms with E-state index in [-0.39, 0.29) is 12.6 Å². The fraction of sp³-hybridized carbons (Fsp3) is 0.250. The molecule has 0 saturated heterocycles. The van der Waals surface area contributed by atoms with Crippen molar-refractivity contribution in [2.24, 2.45) is 5.73 Å². The normalized spacial score (nSPS) is 9.18. The van der Waals surface area contributed by atoms with Crippen molar-refractivity contribution in [2.75, 3.05) is 26.0 Å². The third-order valence-electron chi connectivity index (χ3n) is 1.95. The molecule has 0 aliphatic rings. The maximum Gasteiger partial charge on any atom is 0.321 e. The molecule has 0 aliphatic carbocycles. The molecule has 5 heteroatoms. The molecule has 0 spiro atoms. The Bertz CT molecular complexity index is 474. The quantitative estimate of drug-likeness (QED) is 0.747. The van der Waals surface area contributed by atoms with E-state index in [1.54, 1.807) is 32.3 Å². The van der Waals surface area contributed by atoms with E-state index in [2.05, 4.69) is 17.2 Å². The molecule has 0 aromatic heterocycles. The van der Waals surface area contributed by atoms with Gasteiger partial charge in [-0.05, 0) is 18.2 Å². The van der Waals surface area contributed by atoms with Gasteiger partial charge >= 0.3 is 6.03 Å². The topological polar surface area (TPSA) is 58.4 Å². The summed E-state index contributed by atoms with van der Waals surface area (Å²) in [4.78, 5) is 12.9. The molecule has 0 bridgehead atoms. The molecule has 0 aliphatic heterocycles. The highest BCUT2D eigenvalue weighted by Gasteiger charge is 2.05. The van der Waals surface area contributed by atoms with Crippen LogP contribution in [0.4, 0.5) is 10.5 Å². The highest BCUT2D eigenvalue weighted by Crippen LogP contribution is 2.19. The van der Waals surface area contributed by atoms with Gasteiger partial charge in [0.05, 0.1) is 11.6 Å². The number of anilines is 1. The van der Waals surface area contributed by atoms with Gasteiger partial charge in [-0.3, -0.25) is 0 Å². The molecule has 0 unspecified atom stereocenters. The number of urea groups is 1. The lowest BCUT2D eigenvalue weighted by Gasteiger charge is -2.12. The van der Waals surface area contributed by atoms with Gasteiger partial charge in [-0.1, -0.05) is 23.4 Å². The Hall–Kier alpha value is -1.70. The summed E-state index contributed by atoms with van der Waals surface area (Å²) in [7, 11) is 3.33. The fourth-order valence-electron chi connectivity index (χ4n) is 1.08. The van der Waals surface area contributed by atoms with Gasteiger partial charge in [0.1, 0.15) is 0 Å². The predicted molar refractivity (Wildman–Crippen MR) is 70.1 cm³/mol. The van der Waals surface area contributed by atoms with Gasteiger partial charge in [0.15, 0.2) is 0 Å². The number of nitrogens with zero attached hydrogens (tertiary/aromatic N) is 1. The van der Waals surface area contributed by atoms with E-state index in [9.17, 15) is 4.79 Å². The van der Waals surface area contributed by atoms with Crippen LogP contribution in [0.5, 0.6) is 0 Å². The monoisotopic (exact) mass is 251 g/mol. The van der Waals surface area contributed by atoms with Gasteiger partial charge in [0.25, 0.3) is 0 Å². The van der Waals surface area contributed by atoms with Crippen LogP contribution in [0.25, 0.3) is 0 Å². The van der Waals surface area contributed by atoms with Crippen molar-refractivity contribution in [3.8, 4) is 11.8 Å².